The zero-order valence-corrected chi connectivity index (χ0v) is 7.47. The van der Waals surface area contributed by atoms with E-state index in [-0.39, 0.29) is 0 Å². The standard InChI is InChI=1S/C7H13NO2S/c1-7(11,6(9)10)8-4-2-3-5-8/h11H,2-5H2,1H3,(H,9,10). The van der Waals surface area contributed by atoms with E-state index in [2.05, 4.69) is 12.6 Å². The number of hydrogen-bond donors (Lipinski definition) is 2. The van der Waals surface area contributed by atoms with Gasteiger partial charge in [-0.1, -0.05) is 0 Å². The molecule has 1 N–H and O–H groups in total. The molecule has 0 spiro atoms. The number of carboxylic acids is 1. The first kappa shape index (κ1) is 8.87. The highest BCUT2D eigenvalue weighted by Gasteiger charge is 2.36. The summed E-state index contributed by atoms with van der Waals surface area (Å²) >= 11 is 4.10. The zero-order chi connectivity index (χ0) is 8.48. The maximum absolute atomic E-state index is 10.7. The minimum absolute atomic E-state index is 0.853. The summed E-state index contributed by atoms with van der Waals surface area (Å²) in [6.07, 6.45) is 2.17. The van der Waals surface area contributed by atoms with E-state index in [9.17, 15) is 4.79 Å². The molecule has 64 valence electrons. The Hall–Kier alpha value is -0.220. The van der Waals surface area contributed by atoms with Gasteiger partial charge in [-0.15, -0.1) is 12.6 Å². The highest BCUT2D eigenvalue weighted by atomic mass is 32.1. The topological polar surface area (TPSA) is 40.5 Å². The van der Waals surface area contributed by atoms with Crippen molar-refractivity contribution in [1.29, 1.82) is 0 Å². The van der Waals surface area contributed by atoms with Crippen LogP contribution in [0.1, 0.15) is 19.8 Å². The Kier molecular flexibility index (Phi) is 2.44. The number of rotatable bonds is 2. The van der Waals surface area contributed by atoms with Gasteiger partial charge in [0.05, 0.1) is 0 Å². The van der Waals surface area contributed by atoms with Crippen molar-refractivity contribution in [2.75, 3.05) is 13.1 Å². The average molecular weight is 175 g/mol. The SMILES string of the molecule is CC(S)(C(=O)O)N1CCCC1. The molecule has 0 bridgehead atoms. The van der Waals surface area contributed by atoms with Crippen molar-refractivity contribution in [2.24, 2.45) is 0 Å². The molecule has 0 aromatic rings. The summed E-state index contributed by atoms with van der Waals surface area (Å²) in [5.41, 5.74) is 0. The van der Waals surface area contributed by atoms with Gasteiger partial charge >= 0.3 is 5.97 Å². The minimum atomic E-state index is -0.976. The van der Waals surface area contributed by atoms with Gasteiger partial charge in [-0.25, -0.2) is 4.79 Å². The van der Waals surface area contributed by atoms with Gasteiger partial charge in [-0.3, -0.25) is 4.90 Å². The largest absolute Gasteiger partial charge is 0.479 e. The number of aliphatic carboxylic acids is 1. The Bertz CT molecular complexity index is 164. The number of carboxylic acid groups (broad SMARTS) is 1. The summed E-state index contributed by atoms with van der Waals surface area (Å²) in [7, 11) is 0. The van der Waals surface area contributed by atoms with Crippen LogP contribution < -0.4 is 0 Å². The molecule has 1 aliphatic rings. The van der Waals surface area contributed by atoms with Gasteiger partial charge in [0.25, 0.3) is 0 Å². The first-order valence-electron chi connectivity index (χ1n) is 3.76. The third kappa shape index (κ3) is 1.68. The second-order valence-electron chi connectivity index (χ2n) is 3.02. The van der Waals surface area contributed by atoms with Crippen molar-refractivity contribution in [3.05, 3.63) is 0 Å². The molecule has 1 fully saturated rings. The molecular formula is C7H13NO2S. The molecule has 0 aromatic carbocycles. The predicted molar refractivity (Wildman–Crippen MR) is 45.8 cm³/mol. The Morgan fingerprint density at radius 2 is 2.00 bits per heavy atom. The van der Waals surface area contributed by atoms with Crippen molar-refractivity contribution < 1.29 is 9.90 Å². The van der Waals surface area contributed by atoms with E-state index in [4.69, 9.17) is 5.11 Å². The van der Waals surface area contributed by atoms with Crippen molar-refractivity contribution in [2.45, 2.75) is 24.6 Å². The van der Waals surface area contributed by atoms with Crippen LogP contribution in [0.3, 0.4) is 0 Å². The predicted octanol–water partition coefficient (Wildman–Crippen LogP) is 0.813. The Labute approximate surface area is 71.8 Å². The van der Waals surface area contributed by atoms with E-state index in [1.54, 1.807) is 6.92 Å². The fourth-order valence-electron chi connectivity index (χ4n) is 1.29. The normalized spacial score (nSPS) is 24.9. The van der Waals surface area contributed by atoms with Crippen LogP contribution in [0.4, 0.5) is 0 Å². The van der Waals surface area contributed by atoms with Gasteiger partial charge in [0, 0.05) is 13.1 Å². The summed E-state index contributed by atoms with van der Waals surface area (Å²) in [6, 6.07) is 0. The average Bonchev–Trinajstić information content (AvgIpc) is 2.37. The van der Waals surface area contributed by atoms with Gasteiger partial charge in [-0.2, -0.15) is 0 Å². The molecule has 3 nitrogen and oxygen atoms in total. The van der Waals surface area contributed by atoms with Gasteiger partial charge in [0.1, 0.15) is 0 Å². The van der Waals surface area contributed by atoms with Crippen LogP contribution >= 0.6 is 12.6 Å². The zero-order valence-electron chi connectivity index (χ0n) is 6.58. The van der Waals surface area contributed by atoms with Crippen LogP contribution in [-0.4, -0.2) is 33.9 Å². The highest BCUT2D eigenvalue weighted by molar-refractivity contribution is 7.82. The Balaban J connectivity index is 2.62. The summed E-state index contributed by atoms with van der Waals surface area (Å²) in [5, 5.41) is 8.78. The lowest BCUT2D eigenvalue weighted by Gasteiger charge is -2.29. The lowest BCUT2D eigenvalue weighted by atomic mass is 10.3. The van der Waals surface area contributed by atoms with Crippen molar-refractivity contribution >= 4 is 18.6 Å². The van der Waals surface area contributed by atoms with Crippen molar-refractivity contribution in [3.8, 4) is 0 Å². The molecule has 1 rings (SSSR count). The summed E-state index contributed by atoms with van der Waals surface area (Å²) in [6.45, 7) is 3.34. The summed E-state index contributed by atoms with van der Waals surface area (Å²) < 4.78 is 0. The van der Waals surface area contributed by atoms with E-state index in [1.807, 2.05) is 4.90 Å². The Morgan fingerprint density at radius 3 is 2.36 bits per heavy atom. The molecule has 0 radical (unpaired) electrons. The quantitative estimate of drug-likeness (QED) is 0.610. The van der Waals surface area contributed by atoms with Crippen LogP contribution in [-0.2, 0) is 4.79 Å². The second-order valence-corrected chi connectivity index (χ2v) is 3.89. The van der Waals surface area contributed by atoms with Gasteiger partial charge in [-0.05, 0) is 19.8 Å². The fourth-order valence-corrected chi connectivity index (χ4v) is 1.49. The molecule has 1 aliphatic heterocycles. The number of thiol groups is 1. The fraction of sp³-hybridized carbons (Fsp3) is 0.857. The van der Waals surface area contributed by atoms with Gasteiger partial charge in [0.2, 0.25) is 0 Å². The van der Waals surface area contributed by atoms with Crippen LogP contribution in [0.25, 0.3) is 0 Å². The molecule has 0 amide bonds. The molecule has 1 atom stereocenters. The maximum Gasteiger partial charge on any atom is 0.334 e. The van der Waals surface area contributed by atoms with Crippen LogP contribution in [0.5, 0.6) is 0 Å². The lowest BCUT2D eigenvalue weighted by molar-refractivity contribution is -0.144. The molecular weight excluding hydrogens is 162 g/mol. The smallest absolute Gasteiger partial charge is 0.334 e. The molecule has 0 aliphatic carbocycles. The third-order valence-corrected chi connectivity index (χ3v) is 2.60. The van der Waals surface area contributed by atoms with E-state index in [1.165, 1.54) is 0 Å². The molecule has 11 heavy (non-hydrogen) atoms. The van der Waals surface area contributed by atoms with Crippen molar-refractivity contribution in [3.63, 3.8) is 0 Å². The van der Waals surface area contributed by atoms with E-state index >= 15 is 0 Å². The molecule has 0 saturated carbocycles. The Morgan fingerprint density at radius 1 is 1.55 bits per heavy atom. The van der Waals surface area contributed by atoms with E-state index in [0.29, 0.717) is 0 Å². The highest BCUT2D eigenvalue weighted by Crippen LogP contribution is 2.24. The summed E-state index contributed by atoms with van der Waals surface area (Å²) in [5.74, 6) is -0.859. The second kappa shape index (κ2) is 3.03. The number of carbonyl (C=O) groups is 1. The molecule has 4 heteroatoms. The number of hydrogen-bond acceptors (Lipinski definition) is 3. The number of likely N-dealkylation sites (tertiary alicyclic amines) is 1. The van der Waals surface area contributed by atoms with Crippen molar-refractivity contribution in [1.82, 2.24) is 4.90 Å². The first-order chi connectivity index (χ1) is 5.05. The van der Waals surface area contributed by atoms with Crippen LogP contribution in [0.15, 0.2) is 0 Å². The van der Waals surface area contributed by atoms with Gasteiger partial charge in [0.15, 0.2) is 4.87 Å². The van der Waals surface area contributed by atoms with E-state index < -0.39 is 10.8 Å². The minimum Gasteiger partial charge on any atom is -0.479 e. The van der Waals surface area contributed by atoms with Gasteiger partial charge < -0.3 is 5.11 Å². The number of nitrogens with zero attached hydrogens (tertiary/aromatic N) is 1. The van der Waals surface area contributed by atoms with Crippen LogP contribution in [0, 0.1) is 0 Å². The third-order valence-electron chi connectivity index (χ3n) is 2.13. The molecule has 1 heterocycles. The lowest BCUT2D eigenvalue weighted by Crippen LogP contribution is -2.46. The maximum atomic E-state index is 10.7. The summed E-state index contributed by atoms with van der Waals surface area (Å²) in [4.78, 5) is 11.6. The van der Waals surface area contributed by atoms with Crippen LogP contribution in [0.2, 0.25) is 0 Å². The molecule has 0 aromatic heterocycles. The monoisotopic (exact) mass is 175 g/mol. The first-order valence-corrected chi connectivity index (χ1v) is 4.20. The molecule has 1 unspecified atom stereocenters. The molecule has 1 saturated heterocycles. The van der Waals surface area contributed by atoms with E-state index in [0.717, 1.165) is 25.9 Å².